The molecule has 1 aromatic carbocycles. The van der Waals surface area contributed by atoms with E-state index in [4.69, 9.17) is 16.7 Å². The number of carbonyl (C=O) groups is 2. The Morgan fingerprint density at radius 2 is 1.80 bits per heavy atom. The predicted octanol–water partition coefficient (Wildman–Crippen LogP) is 3.93. The van der Waals surface area contributed by atoms with Gasteiger partial charge >= 0.3 is 5.97 Å². The summed E-state index contributed by atoms with van der Waals surface area (Å²) in [4.78, 5) is 23.0. The van der Waals surface area contributed by atoms with Crippen LogP contribution in [0, 0.1) is 11.8 Å². The van der Waals surface area contributed by atoms with Crippen LogP contribution in [0.15, 0.2) is 22.7 Å². The zero-order valence-electron chi connectivity index (χ0n) is 10.7. The Labute approximate surface area is 130 Å². The van der Waals surface area contributed by atoms with Gasteiger partial charge in [0.05, 0.1) is 16.6 Å². The fraction of sp³-hybridized carbons (Fsp3) is 0.429. The molecule has 0 saturated heterocycles. The Morgan fingerprint density at radius 1 is 1.20 bits per heavy atom. The zero-order valence-corrected chi connectivity index (χ0v) is 13.1. The molecular formula is C14H15BrClNO3. The van der Waals surface area contributed by atoms with Crippen molar-refractivity contribution in [2.75, 3.05) is 5.32 Å². The van der Waals surface area contributed by atoms with E-state index in [-0.39, 0.29) is 17.7 Å². The van der Waals surface area contributed by atoms with Crippen LogP contribution in [0.2, 0.25) is 5.02 Å². The van der Waals surface area contributed by atoms with Gasteiger partial charge in [0.1, 0.15) is 0 Å². The molecule has 0 aliphatic heterocycles. The molecule has 2 rings (SSSR count). The topological polar surface area (TPSA) is 66.4 Å². The number of anilines is 1. The second-order valence-corrected chi connectivity index (χ2v) is 6.32. The minimum Gasteiger partial charge on any atom is -0.481 e. The lowest BCUT2D eigenvalue weighted by molar-refractivity contribution is -0.143. The Kier molecular flexibility index (Phi) is 5.05. The highest BCUT2D eigenvalue weighted by Crippen LogP contribution is 2.31. The summed E-state index contributed by atoms with van der Waals surface area (Å²) in [6.45, 7) is 0. The third-order valence-electron chi connectivity index (χ3n) is 3.64. The lowest BCUT2D eigenvalue weighted by Crippen LogP contribution is -2.29. The van der Waals surface area contributed by atoms with Crippen LogP contribution in [0.3, 0.4) is 0 Å². The van der Waals surface area contributed by atoms with Gasteiger partial charge in [-0.05, 0) is 43.9 Å². The van der Waals surface area contributed by atoms with E-state index in [1.165, 1.54) is 0 Å². The quantitative estimate of drug-likeness (QED) is 0.858. The lowest BCUT2D eigenvalue weighted by atomic mass is 9.81. The van der Waals surface area contributed by atoms with Crippen molar-refractivity contribution in [3.63, 3.8) is 0 Å². The number of hydrogen-bond donors (Lipinski definition) is 2. The highest BCUT2D eigenvalue weighted by Gasteiger charge is 2.29. The predicted molar refractivity (Wildman–Crippen MR) is 80.9 cm³/mol. The second-order valence-electron chi connectivity index (χ2n) is 5.00. The van der Waals surface area contributed by atoms with Crippen LogP contribution in [-0.2, 0) is 9.59 Å². The molecule has 0 aromatic heterocycles. The van der Waals surface area contributed by atoms with E-state index >= 15 is 0 Å². The fourth-order valence-corrected chi connectivity index (χ4v) is 3.15. The Hall–Kier alpha value is -1.07. The SMILES string of the molecule is O=C(O)C1CCC(C(=O)Nc2ccc(Br)cc2Cl)CC1. The summed E-state index contributed by atoms with van der Waals surface area (Å²) in [7, 11) is 0. The van der Waals surface area contributed by atoms with Gasteiger partial charge in [-0.25, -0.2) is 0 Å². The number of rotatable bonds is 3. The largest absolute Gasteiger partial charge is 0.481 e. The molecule has 0 atom stereocenters. The number of nitrogens with one attached hydrogen (secondary N) is 1. The highest BCUT2D eigenvalue weighted by molar-refractivity contribution is 9.10. The first kappa shape index (κ1) is 15.3. The minimum atomic E-state index is -0.764. The molecule has 0 heterocycles. The molecule has 20 heavy (non-hydrogen) atoms. The summed E-state index contributed by atoms with van der Waals surface area (Å²) in [5.41, 5.74) is 0.584. The van der Waals surface area contributed by atoms with E-state index in [0.29, 0.717) is 36.4 Å². The van der Waals surface area contributed by atoms with Crippen molar-refractivity contribution in [3.8, 4) is 0 Å². The van der Waals surface area contributed by atoms with Gasteiger partial charge in [0.25, 0.3) is 0 Å². The molecule has 6 heteroatoms. The number of carboxylic acids is 1. The summed E-state index contributed by atoms with van der Waals surface area (Å²) < 4.78 is 0.850. The van der Waals surface area contributed by atoms with Crippen molar-refractivity contribution in [2.24, 2.45) is 11.8 Å². The molecule has 2 N–H and O–H groups in total. The first-order chi connectivity index (χ1) is 9.47. The van der Waals surface area contributed by atoms with E-state index in [2.05, 4.69) is 21.2 Å². The fourth-order valence-electron chi connectivity index (χ4n) is 2.43. The average Bonchev–Trinajstić information content (AvgIpc) is 2.42. The molecule has 0 bridgehead atoms. The molecule has 1 amide bonds. The maximum Gasteiger partial charge on any atom is 0.306 e. The molecule has 0 spiro atoms. The molecule has 108 valence electrons. The van der Waals surface area contributed by atoms with E-state index in [0.717, 1.165) is 4.47 Å². The van der Waals surface area contributed by atoms with Gasteiger partial charge in [0.15, 0.2) is 0 Å². The van der Waals surface area contributed by atoms with E-state index in [1.54, 1.807) is 12.1 Å². The first-order valence-corrected chi connectivity index (χ1v) is 7.63. The molecule has 4 nitrogen and oxygen atoms in total. The molecule has 0 unspecified atom stereocenters. The molecule has 0 radical (unpaired) electrons. The Bertz CT molecular complexity index is 527. The number of amides is 1. The smallest absolute Gasteiger partial charge is 0.306 e. The third kappa shape index (κ3) is 3.73. The van der Waals surface area contributed by atoms with Crippen molar-refractivity contribution in [2.45, 2.75) is 25.7 Å². The maximum atomic E-state index is 12.2. The molecule has 1 aliphatic rings. The van der Waals surface area contributed by atoms with E-state index < -0.39 is 5.97 Å². The monoisotopic (exact) mass is 359 g/mol. The highest BCUT2D eigenvalue weighted by atomic mass is 79.9. The summed E-state index contributed by atoms with van der Waals surface area (Å²) in [6, 6.07) is 5.27. The molecule has 1 aliphatic carbocycles. The summed E-state index contributed by atoms with van der Waals surface area (Å²) >= 11 is 9.36. The van der Waals surface area contributed by atoms with Crippen LogP contribution in [0.1, 0.15) is 25.7 Å². The normalized spacial score (nSPS) is 22.3. The van der Waals surface area contributed by atoms with Gasteiger partial charge in [-0.15, -0.1) is 0 Å². The molecule has 1 aromatic rings. The van der Waals surface area contributed by atoms with Crippen molar-refractivity contribution >= 4 is 45.1 Å². The van der Waals surface area contributed by atoms with Gasteiger partial charge in [-0.1, -0.05) is 27.5 Å². The number of hydrogen-bond acceptors (Lipinski definition) is 2. The van der Waals surface area contributed by atoms with Crippen LogP contribution >= 0.6 is 27.5 Å². The first-order valence-electron chi connectivity index (χ1n) is 6.46. The Morgan fingerprint density at radius 3 is 2.35 bits per heavy atom. The van der Waals surface area contributed by atoms with Crippen LogP contribution in [0.4, 0.5) is 5.69 Å². The van der Waals surface area contributed by atoms with Crippen molar-refractivity contribution < 1.29 is 14.7 Å². The van der Waals surface area contributed by atoms with Gasteiger partial charge in [0.2, 0.25) is 5.91 Å². The summed E-state index contributed by atoms with van der Waals surface area (Å²) in [5.74, 6) is -1.29. The van der Waals surface area contributed by atoms with Crippen LogP contribution in [0.25, 0.3) is 0 Å². The molecule has 1 fully saturated rings. The number of carbonyl (C=O) groups excluding carboxylic acids is 1. The van der Waals surface area contributed by atoms with Crippen molar-refractivity contribution in [1.29, 1.82) is 0 Å². The molecule has 1 saturated carbocycles. The van der Waals surface area contributed by atoms with Crippen molar-refractivity contribution in [1.82, 2.24) is 0 Å². The maximum absolute atomic E-state index is 12.2. The number of aliphatic carboxylic acids is 1. The average molecular weight is 361 g/mol. The van der Waals surface area contributed by atoms with Gasteiger partial charge in [-0.2, -0.15) is 0 Å². The number of carboxylic acid groups (broad SMARTS) is 1. The second kappa shape index (κ2) is 6.59. The van der Waals surface area contributed by atoms with E-state index in [1.807, 2.05) is 6.07 Å². The Balaban J connectivity index is 1.94. The van der Waals surface area contributed by atoms with Gasteiger partial charge in [0, 0.05) is 10.4 Å². The van der Waals surface area contributed by atoms with Gasteiger partial charge in [-0.3, -0.25) is 9.59 Å². The molecular weight excluding hydrogens is 346 g/mol. The van der Waals surface area contributed by atoms with Crippen LogP contribution in [-0.4, -0.2) is 17.0 Å². The van der Waals surface area contributed by atoms with E-state index in [9.17, 15) is 9.59 Å². The standard InChI is InChI=1S/C14H15BrClNO3/c15-10-5-6-12(11(16)7-10)17-13(18)8-1-3-9(4-2-8)14(19)20/h5-9H,1-4H2,(H,17,18)(H,19,20). The van der Waals surface area contributed by atoms with Crippen LogP contribution in [0.5, 0.6) is 0 Å². The summed E-state index contributed by atoms with van der Waals surface area (Å²) in [5, 5.41) is 12.2. The van der Waals surface area contributed by atoms with Crippen LogP contribution < -0.4 is 5.32 Å². The summed E-state index contributed by atoms with van der Waals surface area (Å²) in [6.07, 6.45) is 2.33. The van der Waals surface area contributed by atoms with Gasteiger partial charge < -0.3 is 10.4 Å². The minimum absolute atomic E-state index is 0.0851. The lowest BCUT2D eigenvalue weighted by Gasteiger charge is -2.25. The number of benzene rings is 1. The van der Waals surface area contributed by atoms with Crippen molar-refractivity contribution in [3.05, 3.63) is 27.7 Å². The third-order valence-corrected chi connectivity index (χ3v) is 4.44. The zero-order chi connectivity index (χ0) is 14.7. The number of halogens is 2.